The molecule has 0 unspecified atom stereocenters. The Kier molecular flexibility index (Phi) is 6.35. The number of amides is 3. The normalized spacial score (nSPS) is 18.6. The highest BCUT2D eigenvalue weighted by atomic mass is 16.5. The van der Waals surface area contributed by atoms with Crippen molar-refractivity contribution in [3.63, 3.8) is 0 Å². The number of carbonyl (C=O) groups excluding carboxylic acids is 4. The van der Waals surface area contributed by atoms with Crippen LogP contribution in [0.1, 0.15) is 67.2 Å². The number of imide groups is 1. The lowest BCUT2D eigenvalue weighted by Crippen LogP contribution is -2.49. The highest BCUT2D eigenvalue weighted by molar-refractivity contribution is 6.22. The summed E-state index contributed by atoms with van der Waals surface area (Å²) in [6.45, 7) is 6.67. The van der Waals surface area contributed by atoms with Crippen molar-refractivity contribution >= 4 is 23.7 Å². The summed E-state index contributed by atoms with van der Waals surface area (Å²) in [4.78, 5) is 53.9. The number of fused-ring (bicyclic) bond motifs is 1. The largest absolute Gasteiger partial charge is 0.451 e. The van der Waals surface area contributed by atoms with E-state index in [0.717, 1.165) is 24.2 Å². The van der Waals surface area contributed by atoms with E-state index in [1.54, 1.807) is 36.1 Å². The van der Waals surface area contributed by atoms with Crippen LogP contribution in [0.3, 0.4) is 0 Å². The molecule has 7 nitrogen and oxygen atoms in total. The molecule has 0 aromatic heterocycles. The number of likely N-dealkylation sites (tertiary alicyclic amines) is 1. The van der Waals surface area contributed by atoms with Gasteiger partial charge in [0.2, 0.25) is 0 Å². The van der Waals surface area contributed by atoms with Crippen LogP contribution in [-0.2, 0) is 14.3 Å². The average molecular weight is 400 g/mol. The molecule has 1 saturated heterocycles. The van der Waals surface area contributed by atoms with Gasteiger partial charge in [0.25, 0.3) is 17.7 Å². The van der Waals surface area contributed by atoms with Gasteiger partial charge in [-0.15, -0.1) is 0 Å². The Morgan fingerprint density at radius 1 is 0.966 bits per heavy atom. The van der Waals surface area contributed by atoms with Gasteiger partial charge in [-0.3, -0.25) is 19.3 Å². The molecule has 0 saturated carbocycles. The van der Waals surface area contributed by atoms with Gasteiger partial charge >= 0.3 is 5.97 Å². The number of esters is 1. The molecule has 0 radical (unpaired) electrons. The van der Waals surface area contributed by atoms with Crippen LogP contribution in [0.4, 0.5) is 0 Å². The number of piperidine rings is 1. The maximum Gasteiger partial charge on any atom is 0.330 e. The third-order valence-corrected chi connectivity index (χ3v) is 5.41. The van der Waals surface area contributed by atoms with Crippen molar-refractivity contribution in [1.82, 2.24) is 9.80 Å². The molecule has 1 aromatic rings. The van der Waals surface area contributed by atoms with Crippen molar-refractivity contribution in [3.8, 4) is 0 Å². The van der Waals surface area contributed by atoms with Crippen molar-refractivity contribution in [1.29, 1.82) is 0 Å². The molecule has 2 atom stereocenters. The van der Waals surface area contributed by atoms with E-state index in [0.29, 0.717) is 13.1 Å². The van der Waals surface area contributed by atoms with Crippen LogP contribution >= 0.6 is 0 Å². The minimum absolute atomic E-state index is 0.0463. The maximum absolute atomic E-state index is 13.0. The van der Waals surface area contributed by atoms with Crippen molar-refractivity contribution in [2.45, 2.75) is 58.6 Å². The Hall–Kier alpha value is -2.70. The Balaban J connectivity index is 1.76. The standard InChI is InChI=1S/C22H28N2O5/c1-14(2)13-18(24-20(26)16-9-5-6-10-17(16)21(24)27)22(28)29-15(3)19(25)23-11-7-4-8-12-23/h5-6,9-10,14-15,18H,4,7-8,11-13H2,1-3H3/t15-,18-/m0/s1. The molecule has 3 amide bonds. The summed E-state index contributed by atoms with van der Waals surface area (Å²) in [5.74, 6) is -1.90. The number of benzene rings is 1. The number of carbonyl (C=O) groups is 4. The minimum atomic E-state index is -1.06. The quantitative estimate of drug-likeness (QED) is 0.541. The van der Waals surface area contributed by atoms with Gasteiger partial charge in [0.1, 0.15) is 6.04 Å². The molecule has 156 valence electrons. The van der Waals surface area contributed by atoms with E-state index in [9.17, 15) is 19.2 Å². The molecule has 1 fully saturated rings. The van der Waals surface area contributed by atoms with Gasteiger partial charge in [-0.1, -0.05) is 26.0 Å². The summed E-state index contributed by atoms with van der Waals surface area (Å²) in [5.41, 5.74) is 0.577. The first-order valence-corrected chi connectivity index (χ1v) is 10.3. The molecule has 2 aliphatic rings. The lowest BCUT2D eigenvalue weighted by Gasteiger charge is -2.31. The van der Waals surface area contributed by atoms with Gasteiger partial charge in [0, 0.05) is 13.1 Å². The van der Waals surface area contributed by atoms with E-state index >= 15 is 0 Å². The second-order valence-corrected chi connectivity index (χ2v) is 8.14. The van der Waals surface area contributed by atoms with Crippen LogP contribution in [0.15, 0.2) is 24.3 Å². The molecule has 7 heteroatoms. The maximum atomic E-state index is 13.0. The fraction of sp³-hybridized carbons (Fsp3) is 0.545. The van der Waals surface area contributed by atoms with Crippen molar-refractivity contribution in [2.24, 2.45) is 5.92 Å². The molecule has 1 aromatic carbocycles. The van der Waals surface area contributed by atoms with Crippen molar-refractivity contribution < 1.29 is 23.9 Å². The molecule has 0 aliphatic carbocycles. The first kappa shape index (κ1) is 21.0. The molecular formula is C22H28N2O5. The van der Waals surface area contributed by atoms with Crippen molar-refractivity contribution in [2.75, 3.05) is 13.1 Å². The number of hydrogen-bond donors (Lipinski definition) is 0. The highest BCUT2D eigenvalue weighted by Gasteiger charge is 2.44. The van der Waals surface area contributed by atoms with Crippen LogP contribution in [0.2, 0.25) is 0 Å². The van der Waals surface area contributed by atoms with E-state index < -0.39 is 29.9 Å². The van der Waals surface area contributed by atoms with Crippen LogP contribution < -0.4 is 0 Å². The summed E-state index contributed by atoms with van der Waals surface area (Å²) in [6, 6.07) is 5.47. The first-order chi connectivity index (χ1) is 13.8. The second-order valence-electron chi connectivity index (χ2n) is 8.14. The summed E-state index contributed by atoms with van der Waals surface area (Å²) in [5, 5.41) is 0. The first-order valence-electron chi connectivity index (χ1n) is 10.3. The van der Waals surface area contributed by atoms with E-state index in [4.69, 9.17) is 4.74 Å². The topological polar surface area (TPSA) is 84.0 Å². The van der Waals surface area contributed by atoms with Crippen LogP contribution in [0.5, 0.6) is 0 Å². The van der Waals surface area contributed by atoms with E-state index in [1.165, 1.54) is 0 Å². The fourth-order valence-electron chi connectivity index (χ4n) is 3.92. The molecule has 2 aliphatic heterocycles. The number of rotatable bonds is 6. The second kappa shape index (κ2) is 8.76. The monoisotopic (exact) mass is 400 g/mol. The van der Waals surface area contributed by atoms with E-state index in [1.807, 2.05) is 13.8 Å². The van der Waals surface area contributed by atoms with Gasteiger partial charge in [-0.2, -0.15) is 0 Å². The Morgan fingerprint density at radius 2 is 1.52 bits per heavy atom. The van der Waals surface area contributed by atoms with Gasteiger partial charge in [-0.05, 0) is 50.7 Å². The van der Waals surface area contributed by atoms with Crippen molar-refractivity contribution in [3.05, 3.63) is 35.4 Å². The minimum Gasteiger partial charge on any atom is -0.451 e. The molecule has 2 heterocycles. The summed E-state index contributed by atoms with van der Waals surface area (Å²) >= 11 is 0. The Bertz CT molecular complexity index is 778. The lowest BCUT2D eigenvalue weighted by molar-refractivity contribution is -0.163. The van der Waals surface area contributed by atoms with Crippen LogP contribution in [0, 0.1) is 5.92 Å². The number of nitrogens with zero attached hydrogens (tertiary/aromatic N) is 2. The molecule has 29 heavy (non-hydrogen) atoms. The summed E-state index contributed by atoms with van der Waals surface area (Å²) in [7, 11) is 0. The third-order valence-electron chi connectivity index (χ3n) is 5.41. The predicted molar refractivity (Wildman–Crippen MR) is 106 cm³/mol. The van der Waals surface area contributed by atoms with E-state index in [2.05, 4.69) is 0 Å². The summed E-state index contributed by atoms with van der Waals surface area (Å²) in [6.07, 6.45) is 2.29. The molecule has 0 N–H and O–H groups in total. The number of hydrogen-bond acceptors (Lipinski definition) is 5. The van der Waals surface area contributed by atoms with Crippen LogP contribution in [-0.4, -0.2) is 58.7 Å². The van der Waals surface area contributed by atoms with Crippen LogP contribution in [0.25, 0.3) is 0 Å². The molecule has 0 bridgehead atoms. The summed E-state index contributed by atoms with van der Waals surface area (Å²) < 4.78 is 5.46. The average Bonchev–Trinajstić information content (AvgIpc) is 2.96. The predicted octanol–water partition coefficient (Wildman–Crippen LogP) is 2.64. The highest BCUT2D eigenvalue weighted by Crippen LogP contribution is 2.27. The SMILES string of the molecule is CC(C)C[C@@H](C(=O)O[C@@H](C)C(=O)N1CCCCC1)N1C(=O)c2ccccc2C1=O. The smallest absolute Gasteiger partial charge is 0.330 e. The van der Waals surface area contributed by atoms with Gasteiger partial charge < -0.3 is 9.64 Å². The molecule has 3 rings (SSSR count). The molecular weight excluding hydrogens is 372 g/mol. The van der Waals surface area contributed by atoms with Gasteiger partial charge in [0.15, 0.2) is 6.10 Å². The zero-order valence-electron chi connectivity index (χ0n) is 17.2. The fourth-order valence-corrected chi connectivity index (χ4v) is 3.92. The van der Waals surface area contributed by atoms with Gasteiger partial charge in [-0.25, -0.2) is 4.79 Å². The van der Waals surface area contributed by atoms with E-state index in [-0.39, 0.29) is 29.4 Å². The zero-order chi connectivity index (χ0) is 21.1. The molecule has 0 spiro atoms. The van der Waals surface area contributed by atoms with Gasteiger partial charge in [0.05, 0.1) is 11.1 Å². The Labute approximate surface area is 171 Å². The lowest BCUT2D eigenvalue weighted by atomic mass is 10.0. The zero-order valence-corrected chi connectivity index (χ0v) is 17.2. The third kappa shape index (κ3) is 4.33. The Morgan fingerprint density at radius 3 is 2.03 bits per heavy atom. The number of ether oxygens (including phenoxy) is 1.